The Labute approximate surface area is 140 Å². The number of para-hydroxylation sites is 1. The first kappa shape index (κ1) is 15.6. The minimum atomic E-state index is -1.11. The second-order valence-electron chi connectivity index (χ2n) is 4.88. The molecule has 5 nitrogen and oxygen atoms in total. The van der Waals surface area contributed by atoms with Gasteiger partial charge in [0.15, 0.2) is 0 Å². The Kier molecular flexibility index (Phi) is 4.11. The lowest BCUT2D eigenvalue weighted by atomic mass is 9.97. The fourth-order valence-electron chi connectivity index (χ4n) is 2.31. The van der Waals surface area contributed by atoms with Crippen molar-refractivity contribution in [2.24, 2.45) is 0 Å². The predicted octanol–water partition coefficient (Wildman–Crippen LogP) is 3.39. The van der Waals surface area contributed by atoms with E-state index in [2.05, 4.69) is 5.32 Å². The zero-order valence-corrected chi connectivity index (χ0v) is 13.1. The van der Waals surface area contributed by atoms with Gasteiger partial charge in [0.2, 0.25) is 11.0 Å². The first-order chi connectivity index (χ1) is 11.0. The van der Waals surface area contributed by atoms with E-state index in [4.69, 9.17) is 16.7 Å². The van der Waals surface area contributed by atoms with Crippen molar-refractivity contribution in [2.45, 2.75) is 10.8 Å². The number of nitrogens with one attached hydrogen (secondary N) is 1. The minimum Gasteiger partial charge on any atom is -0.478 e. The summed E-state index contributed by atoms with van der Waals surface area (Å²) in [5, 5.41) is 11.7. The SMILES string of the molecule is O=C(O)c1ccc2c(c1)C(C(=O)Nc1ccccc1Cl)C(=O)S2. The van der Waals surface area contributed by atoms with Gasteiger partial charge in [0, 0.05) is 4.90 Å². The number of fused-ring (bicyclic) bond motifs is 1. The number of hydrogen-bond donors (Lipinski definition) is 2. The van der Waals surface area contributed by atoms with Gasteiger partial charge in [-0.1, -0.05) is 35.5 Å². The van der Waals surface area contributed by atoms with Gasteiger partial charge in [-0.25, -0.2) is 4.79 Å². The molecule has 23 heavy (non-hydrogen) atoms. The molecule has 0 aliphatic carbocycles. The molecule has 1 aliphatic rings. The fourth-order valence-corrected chi connectivity index (χ4v) is 3.49. The largest absolute Gasteiger partial charge is 0.478 e. The number of carbonyl (C=O) groups excluding carboxylic acids is 2. The van der Waals surface area contributed by atoms with E-state index in [0.717, 1.165) is 11.8 Å². The summed E-state index contributed by atoms with van der Waals surface area (Å²) in [4.78, 5) is 36.3. The molecule has 0 aromatic heterocycles. The Morgan fingerprint density at radius 2 is 1.91 bits per heavy atom. The van der Waals surface area contributed by atoms with Crippen LogP contribution < -0.4 is 5.32 Å². The molecule has 0 saturated carbocycles. The number of anilines is 1. The number of carbonyl (C=O) groups is 3. The van der Waals surface area contributed by atoms with E-state index >= 15 is 0 Å². The average Bonchev–Trinajstić information content (AvgIpc) is 2.84. The number of rotatable bonds is 3. The third kappa shape index (κ3) is 2.95. The first-order valence-electron chi connectivity index (χ1n) is 6.61. The van der Waals surface area contributed by atoms with Crippen LogP contribution in [0, 0.1) is 0 Å². The third-order valence-electron chi connectivity index (χ3n) is 3.41. The number of amides is 1. The first-order valence-corrected chi connectivity index (χ1v) is 7.81. The van der Waals surface area contributed by atoms with E-state index < -0.39 is 17.8 Å². The summed E-state index contributed by atoms with van der Waals surface area (Å²) in [6, 6.07) is 11.0. The molecular formula is C16H10ClNO4S. The zero-order valence-electron chi connectivity index (χ0n) is 11.6. The van der Waals surface area contributed by atoms with Crippen LogP contribution in [0.5, 0.6) is 0 Å². The molecule has 0 fully saturated rings. The standard InChI is InChI=1S/C16H10ClNO4S/c17-10-3-1-2-4-11(10)18-14(19)13-9-7-8(15(20)21)5-6-12(9)23-16(13)22/h1-7,13H,(H,18,19)(H,20,21). The van der Waals surface area contributed by atoms with Crippen molar-refractivity contribution in [3.05, 3.63) is 58.6 Å². The molecule has 1 aliphatic heterocycles. The number of carboxylic acid groups (broad SMARTS) is 1. The van der Waals surface area contributed by atoms with Crippen LogP contribution in [0.1, 0.15) is 21.8 Å². The van der Waals surface area contributed by atoms with Crippen molar-refractivity contribution in [1.82, 2.24) is 0 Å². The van der Waals surface area contributed by atoms with Crippen molar-refractivity contribution < 1.29 is 19.5 Å². The summed E-state index contributed by atoms with van der Waals surface area (Å²) in [7, 11) is 0. The lowest BCUT2D eigenvalue weighted by Gasteiger charge is -2.12. The predicted molar refractivity (Wildman–Crippen MR) is 87.1 cm³/mol. The van der Waals surface area contributed by atoms with Gasteiger partial charge in [0.1, 0.15) is 5.92 Å². The van der Waals surface area contributed by atoms with Gasteiger partial charge < -0.3 is 10.4 Å². The molecule has 0 bridgehead atoms. The van der Waals surface area contributed by atoms with Crippen LogP contribution in [0.15, 0.2) is 47.4 Å². The monoisotopic (exact) mass is 347 g/mol. The van der Waals surface area contributed by atoms with Crippen LogP contribution in [-0.4, -0.2) is 22.1 Å². The molecule has 0 spiro atoms. The van der Waals surface area contributed by atoms with Crippen molar-refractivity contribution >= 4 is 46.0 Å². The van der Waals surface area contributed by atoms with E-state index in [0.29, 0.717) is 21.2 Å². The van der Waals surface area contributed by atoms with Crippen LogP contribution >= 0.6 is 23.4 Å². The van der Waals surface area contributed by atoms with Gasteiger partial charge in [-0.15, -0.1) is 0 Å². The summed E-state index contributed by atoms with van der Waals surface area (Å²) in [6.07, 6.45) is 0. The van der Waals surface area contributed by atoms with E-state index in [1.807, 2.05) is 0 Å². The van der Waals surface area contributed by atoms with Crippen molar-refractivity contribution in [3.8, 4) is 0 Å². The van der Waals surface area contributed by atoms with Gasteiger partial charge in [0.25, 0.3) is 0 Å². The van der Waals surface area contributed by atoms with E-state index in [9.17, 15) is 14.4 Å². The molecule has 2 aromatic rings. The highest BCUT2D eigenvalue weighted by atomic mass is 35.5. The van der Waals surface area contributed by atoms with Gasteiger partial charge in [-0.2, -0.15) is 0 Å². The van der Waals surface area contributed by atoms with Crippen LogP contribution in [0.3, 0.4) is 0 Å². The molecule has 7 heteroatoms. The van der Waals surface area contributed by atoms with Gasteiger partial charge >= 0.3 is 5.97 Å². The highest BCUT2D eigenvalue weighted by Crippen LogP contribution is 2.42. The topological polar surface area (TPSA) is 83.5 Å². The number of aromatic carboxylic acids is 1. The summed E-state index contributed by atoms with van der Waals surface area (Å²) >= 11 is 6.93. The second kappa shape index (κ2) is 6.06. The number of hydrogen-bond acceptors (Lipinski definition) is 4. The minimum absolute atomic E-state index is 0.0367. The summed E-state index contributed by atoms with van der Waals surface area (Å²) in [5.41, 5.74) is 0.846. The maximum Gasteiger partial charge on any atom is 0.335 e. The quantitative estimate of drug-likeness (QED) is 0.831. The number of thioether (sulfide) groups is 1. The molecule has 1 amide bonds. The summed E-state index contributed by atoms with van der Waals surface area (Å²) in [6.45, 7) is 0. The van der Waals surface area contributed by atoms with Crippen molar-refractivity contribution in [2.75, 3.05) is 5.32 Å². The Hall–Kier alpha value is -2.31. The average molecular weight is 348 g/mol. The Bertz CT molecular complexity index is 837. The smallest absolute Gasteiger partial charge is 0.335 e. The molecule has 1 unspecified atom stereocenters. The lowest BCUT2D eigenvalue weighted by molar-refractivity contribution is -0.123. The highest BCUT2D eigenvalue weighted by molar-refractivity contribution is 8.14. The van der Waals surface area contributed by atoms with Crippen LogP contribution in [0.2, 0.25) is 5.02 Å². The van der Waals surface area contributed by atoms with Crippen LogP contribution in [0.4, 0.5) is 5.69 Å². The van der Waals surface area contributed by atoms with Gasteiger partial charge in [-0.3, -0.25) is 9.59 Å². The Balaban J connectivity index is 1.93. The number of carboxylic acids is 1. The second-order valence-corrected chi connectivity index (χ2v) is 6.33. The lowest BCUT2D eigenvalue weighted by Crippen LogP contribution is -2.24. The highest BCUT2D eigenvalue weighted by Gasteiger charge is 2.38. The maximum absolute atomic E-state index is 12.5. The van der Waals surface area contributed by atoms with Gasteiger partial charge in [0.05, 0.1) is 16.3 Å². The zero-order chi connectivity index (χ0) is 16.6. The molecule has 116 valence electrons. The van der Waals surface area contributed by atoms with Crippen LogP contribution in [0.25, 0.3) is 0 Å². The molecule has 3 rings (SSSR count). The van der Waals surface area contributed by atoms with E-state index in [-0.39, 0.29) is 10.7 Å². The molecule has 2 N–H and O–H groups in total. The Morgan fingerprint density at radius 3 is 2.61 bits per heavy atom. The molecule has 0 saturated heterocycles. The number of benzene rings is 2. The maximum atomic E-state index is 12.5. The van der Waals surface area contributed by atoms with Crippen LogP contribution in [-0.2, 0) is 9.59 Å². The summed E-state index contributed by atoms with van der Waals surface area (Å²) < 4.78 is 0. The van der Waals surface area contributed by atoms with Crippen molar-refractivity contribution in [1.29, 1.82) is 0 Å². The van der Waals surface area contributed by atoms with E-state index in [1.54, 1.807) is 30.3 Å². The van der Waals surface area contributed by atoms with Crippen molar-refractivity contribution in [3.63, 3.8) is 0 Å². The molecule has 1 heterocycles. The Morgan fingerprint density at radius 1 is 1.17 bits per heavy atom. The molecular weight excluding hydrogens is 338 g/mol. The normalized spacial score (nSPS) is 16.0. The molecule has 0 radical (unpaired) electrons. The fraction of sp³-hybridized carbons (Fsp3) is 0.0625. The summed E-state index contributed by atoms with van der Waals surface area (Å²) in [5.74, 6) is -2.69. The number of halogens is 1. The van der Waals surface area contributed by atoms with E-state index in [1.165, 1.54) is 12.1 Å². The molecule has 1 atom stereocenters. The van der Waals surface area contributed by atoms with Gasteiger partial charge in [-0.05, 0) is 35.9 Å². The third-order valence-corrected chi connectivity index (χ3v) is 4.77. The molecule has 2 aromatic carbocycles.